The summed E-state index contributed by atoms with van der Waals surface area (Å²) >= 11 is 0. The van der Waals surface area contributed by atoms with Crippen molar-refractivity contribution in [1.82, 2.24) is 15.1 Å². The van der Waals surface area contributed by atoms with Crippen LogP contribution in [0, 0.1) is 5.41 Å². The Morgan fingerprint density at radius 1 is 1.53 bits per heavy atom. The van der Waals surface area contributed by atoms with E-state index in [2.05, 4.69) is 24.3 Å². The Morgan fingerprint density at radius 2 is 2.29 bits per heavy atom. The largest absolute Gasteiger partial charge is 0.396 e. The molecule has 0 aliphatic heterocycles. The van der Waals surface area contributed by atoms with Crippen LogP contribution in [0.25, 0.3) is 0 Å². The van der Waals surface area contributed by atoms with E-state index in [0.717, 1.165) is 12.8 Å². The van der Waals surface area contributed by atoms with E-state index >= 15 is 0 Å². The molecule has 0 bridgehead atoms. The van der Waals surface area contributed by atoms with Crippen molar-refractivity contribution in [3.63, 3.8) is 0 Å². The third kappa shape index (κ3) is 5.49. The van der Waals surface area contributed by atoms with Crippen LogP contribution in [0.15, 0.2) is 18.5 Å². The molecular formula is C12H21N3O2. The van der Waals surface area contributed by atoms with E-state index in [0.29, 0.717) is 6.54 Å². The Bertz CT molecular complexity index is 334. The van der Waals surface area contributed by atoms with Crippen LogP contribution >= 0.6 is 0 Å². The second kappa shape index (κ2) is 6.39. The first-order chi connectivity index (χ1) is 8.03. The van der Waals surface area contributed by atoms with Gasteiger partial charge in [0, 0.05) is 25.5 Å². The van der Waals surface area contributed by atoms with Crippen LogP contribution in [-0.4, -0.2) is 33.9 Å². The van der Waals surface area contributed by atoms with Crippen LogP contribution in [-0.2, 0) is 11.3 Å². The number of carbonyl (C=O) groups is 1. The minimum Gasteiger partial charge on any atom is -0.396 e. The van der Waals surface area contributed by atoms with E-state index in [-0.39, 0.29) is 24.5 Å². The van der Waals surface area contributed by atoms with E-state index in [9.17, 15) is 4.79 Å². The highest BCUT2D eigenvalue weighted by Gasteiger charge is 2.18. The molecule has 0 fully saturated rings. The molecule has 2 N–H and O–H groups in total. The highest BCUT2D eigenvalue weighted by molar-refractivity contribution is 5.75. The Balaban J connectivity index is 2.27. The van der Waals surface area contributed by atoms with Gasteiger partial charge < -0.3 is 10.4 Å². The van der Waals surface area contributed by atoms with Gasteiger partial charge >= 0.3 is 0 Å². The number of hydrogen-bond acceptors (Lipinski definition) is 3. The molecule has 0 spiro atoms. The first-order valence-corrected chi connectivity index (χ1v) is 5.88. The molecule has 1 rings (SSSR count). The van der Waals surface area contributed by atoms with Gasteiger partial charge in [-0.1, -0.05) is 13.8 Å². The van der Waals surface area contributed by atoms with Gasteiger partial charge in [-0.05, 0) is 24.3 Å². The number of aliphatic hydroxyl groups is 1. The van der Waals surface area contributed by atoms with Crippen LogP contribution in [0.2, 0.25) is 0 Å². The summed E-state index contributed by atoms with van der Waals surface area (Å²) in [5, 5.41) is 15.6. The molecule has 0 saturated carbocycles. The predicted molar refractivity (Wildman–Crippen MR) is 65.3 cm³/mol. The molecule has 0 radical (unpaired) electrons. The standard InChI is InChI=1S/C12H21N3O2/c1-12(2,5-3-8-16)10-13-11(17)9-15-7-4-6-14-15/h4,6-7,16H,3,5,8-10H2,1-2H3,(H,13,17). The zero-order valence-corrected chi connectivity index (χ0v) is 10.5. The van der Waals surface area contributed by atoms with Crippen LogP contribution in [0.1, 0.15) is 26.7 Å². The van der Waals surface area contributed by atoms with E-state index in [1.807, 2.05) is 0 Å². The number of rotatable bonds is 7. The van der Waals surface area contributed by atoms with E-state index in [4.69, 9.17) is 5.11 Å². The van der Waals surface area contributed by atoms with Crippen LogP contribution < -0.4 is 5.32 Å². The molecule has 0 aromatic carbocycles. The number of amides is 1. The summed E-state index contributed by atoms with van der Waals surface area (Å²) in [6.07, 6.45) is 5.07. The van der Waals surface area contributed by atoms with Gasteiger partial charge in [-0.15, -0.1) is 0 Å². The zero-order chi connectivity index (χ0) is 12.7. The molecule has 0 unspecified atom stereocenters. The van der Waals surface area contributed by atoms with Gasteiger partial charge in [0.1, 0.15) is 6.54 Å². The topological polar surface area (TPSA) is 67.2 Å². The first-order valence-electron chi connectivity index (χ1n) is 5.88. The summed E-state index contributed by atoms with van der Waals surface area (Å²) in [6, 6.07) is 1.79. The smallest absolute Gasteiger partial charge is 0.241 e. The fraction of sp³-hybridized carbons (Fsp3) is 0.667. The number of nitrogens with zero attached hydrogens (tertiary/aromatic N) is 2. The molecule has 0 aliphatic carbocycles. The average molecular weight is 239 g/mol. The summed E-state index contributed by atoms with van der Waals surface area (Å²) in [4.78, 5) is 11.6. The van der Waals surface area contributed by atoms with Crippen molar-refractivity contribution >= 4 is 5.91 Å². The molecular weight excluding hydrogens is 218 g/mol. The van der Waals surface area contributed by atoms with E-state index < -0.39 is 0 Å². The number of hydrogen-bond donors (Lipinski definition) is 2. The SMILES string of the molecule is CC(C)(CCCO)CNC(=O)Cn1cccn1. The lowest BCUT2D eigenvalue weighted by atomic mass is 9.88. The highest BCUT2D eigenvalue weighted by atomic mass is 16.2. The molecule has 5 heteroatoms. The molecule has 1 amide bonds. The molecule has 5 nitrogen and oxygen atoms in total. The number of aromatic nitrogens is 2. The van der Waals surface area contributed by atoms with Crippen molar-refractivity contribution in [3.05, 3.63) is 18.5 Å². The van der Waals surface area contributed by atoms with Crippen LogP contribution in [0.3, 0.4) is 0 Å². The summed E-state index contributed by atoms with van der Waals surface area (Å²) in [5.41, 5.74) is 0.0164. The van der Waals surface area contributed by atoms with Crippen molar-refractivity contribution in [1.29, 1.82) is 0 Å². The third-order valence-electron chi connectivity index (χ3n) is 2.64. The van der Waals surface area contributed by atoms with E-state index in [1.54, 1.807) is 23.1 Å². The lowest BCUT2D eigenvalue weighted by Gasteiger charge is -2.24. The van der Waals surface area contributed by atoms with Crippen LogP contribution in [0.5, 0.6) is 0 Å². The summed E-state index contributed by atoms with van der Waals surface area (Å²) in [6.45, 7) is 5.23. The number of nitrogens with one attached hydrogen (secondary N) is 1. The average Bonchev–Trinajstić information content (AvgIpc) is 2.77. The molecule has 1 aromatic rings. The molecule has 96 valence electrons. The Kier molecular flexibility index (Phi) is 5.15. The van der Waals surface area contributed by atoms with Crippen molar-refractivity contribution < 1.29 is 9.90 Å². The van der Waals surface area contributed by atoms with Gasteiger partial charge in [-0.2, -0.15) is 5.10 Å². The van der Waals surface area contributed by atoms with Gasteiger partial charge in [0.05, 0.1) is 0 Å². The number of aliphatic hydroxyl groups excluding tert-OH is 1. The second-order valence-electron chi connectivity index (χ2n) is 4.97. The Morgan fingerprint density at radius 3 is 2.88 bits per heavy atom. The summed E-state index contributed by atoms with van der Waals surface area (Å²) in [7, 11) is 0. The zero-order valence-electron chi connectivity index (χ0n) is 10.5. The summed E-state index contributed by atoms with van der Waals surface area (Å²) < 4.78 is 1.59. The Labute approximate surface area is 102 Å². The van der Waals surface area contributed by atoms with Crippen molar-refractivity contribution in [3.8, 4) is 0 Å². The van der Waals surface area contributed by atoms with Crippen molar-refractivity contribution in [2.24, 2.45) is 5.41 Å². The maximum absolute atomic E-state index is 11.6. The second-order valence-corrected chi connectivity index (χ2v) is 4.97. The van der Waals surface area contributed by atoms with E-state index in [1.165, 1.54) is 0 Å². The van der Waals surface area contributed by atoms with Crippen LogP contribution in [0.4, 0.5) is 0 Å². The fourth-order valence-corrected chi connectivity index (χ4v) is 1.58. The molecule has 0 atom stereocenters. The van der Waals surface area contributed by atoms with Gasteiger partial charge in [-0.3, -0.25) is 9.48 Å². The molecule has 17 heavy (non-hydrogen) atoms. The minimum absolute atomic E-state index is 0.0164. The van der Waals surface area contributed by atoms with Gasteiger partial charge in [0.2, 0.25) is 5.91 Å². The Hall–Kier alpha value is -1.36. The fourth-order valence-electron chi connectivity index (χ4n) is 1.58. The van der Waals surface area contributed by atoms with Gasteiger partial charge in [0.15, 0.2) is 0 Å². The maximum Gasteiger partial charge on any atom is 0.241 e. The van der Waals surface area contributed by atoms with Crippen molar-refractivity contribution in [2.45, 2.75) is 33.2 Å². The molecule has 1 heterocycles. The van der Waals surface area contributed by atoms with Gasteiger partial charge in [0.25, 0.3) is 0 Å². The molecule has 0 saturated heterocycles. The first kappa shape index (κ1) is 13.7. The predicted octanol–water partition coefficient (Wildman–Crippen LogP) is 0.798. The monoisotopic (exact) mass is 239 g/mol. The molecule has 0 aliphatic rings. The van der Waals surface area contributed by atoms with Crippen molar-refractivity contribution in [2.75, 3.05) is 13.2 Å². The summed E-state index contributed by atoms with van der Waals surface area (Å²) in [5.74, 6) is -0.0363. The lowest BCUT2D eigenvalue weighted by molar-refractivity contribution is -0.122. The highest BCUT2D eigenvalue weighted by Crippen LogP contribution is 2.20. The minimum atomic E-state index is -0.0363. The normalized spacial score (nSPS) is 11.5. The quantitative estimate of drug-likeness (QED) is 0.739. The maximum atomic E-state index is 11.6. The lowest BCUT2D eigenvalue weighted by Crippen LogP contribution is -2.36. The third-order valence-corrected chi connectivity index (χ3v) is 2.64. The van der Waals surface area contributed by atoms with Gasteiger partial charge in [-0.25, -0.2) is 0 Å². The molecule has 1 aromatic heterocycles. The number of carbonyl (C=O) groups excluding carboxylic acids is 1.